The van der Waals surface area contributed by atoms with Crippen LogP contribution in [0.1, 0.15) is 21.5 Å². The summed E-state index contributed by atoms with van der Waals surface area (Å²) in [4.78, 5) is 12.3. The number of nitriles is 1. The lowest BCUT2D eigenvalue weighted by Crippen LogP contribution is -2.12. The van der Waals surface area contributed by atoms with Crippen molar-refractivity contribution in [3.05, 3.63) is 88.4 Å². The van der Waals surface area contributed by atoms with E-state index in [2.05, 4.69) is 5.32 Å². The van der Waals surface area contributed by atoms with Crippen molar-refractivity contribution in [1.82, 2.24) is 0 Å². The van der Waals surface area contributed by atoms with Crippen molar-refractivity contribution in [2.24, 2.45) is 0 Å². The highest BCUT2D eigenvalue weighted by atomic mass is 35.5. The minimum Gasteiger partial charge on any atom is -0.322 e. The summed E-state index contributed by atoms with van der Waals surface area (Å²) >= 11 is 5.81. The molecule has 0 aliphatic rings. The van der Waals surface area contributed by atoms with Gasteiger partial charge in [0.15, 0.2) is 0 Å². The van der Waals surface area contributed by atoms with Gasteiger partial charge in [0.2, 0.25) is 9.84 Å². The minimum atomic E-state index is -3.85. The number of nitrogens with one attached hydrogen (secondary N) is 1. The second kappa shape index (κ2) is 7.85. The molecule has 3 aromatic rings. The van der Waals surface area contributed by atoms with Crippen LogP contribution < -0.4 is 5.32 Å². The van der Waals surface area contributed by atoms with E-state index in [1.54, 1.807) is 36.4 Å². The number of carbonyl (C=O) groups excluding carboxylic acids is 1. The Kier molecular flexibility index (Phi) is 5.50. The lowest BCUT2D eigenvalue weighted by Gasteiger charge is -2.10. The van der Waals surface area contributed by atoms with Gasteiger partial charge in [-0.25, -0.2) is 8.42 Å². The number of halogens is 1. The van der Waals surface area contributed by atoms with Crippen LogP contribution in [-0.4, -0.2) is 14.3 Å². The molecule has 0 spiro atoms. The summed E-state index contributed by atoms with van der Waals surface area (Å²) in [5, 5.41) is 12.6. The molecule has 0 heterocycles. The Morgan fingerprint density at radius 2 is 1.64 bits per heavy atom. The molecule has 0 radical (unpaired) electrons. The highest BCUT2D eigenvalue weighted by molar-refractivity contribution is 7.91. The van der Waals surface area contributed by atoms with E-state index in [0.717, 1.165) is 5.56 Å². The molecular weight excluding hydrogens is 396 g/mol. The molecule has 7 heteroatoms. The van der Waals surface area contributed by atoms with Crippen LogP contribution in [0, 0.1) is 18.3 Å². The number of hydrogen-bond donors (Lipinski definition) is 1. The molecule has 0 aliphatic carbocycles. The fraction of sp³-hybridized carbons (Fsp3) is 0.0476. The Morgan fingerprint density at radius 1 is 1.00 bits per heavy atom. The highest BCUT2D eigenvalue weighted by Crippen LogP contribution is 2.26. The Morgan fingerprint density at radius 3 is 2.25 bits per heavy atom. The molecule has 0 saturated heterocycles. The number of nitrogens with zero attached hydrogens (tertiary/aromatic N) is 1. The van der Waals surface area contributed by atoms with E-state index < -0.39 is 15.7 Å². The molecule has 1 amide bonds. The largest absolute Gasteiger partial charge is 0.322 e. The van der Waals surface area contributed by atoms with Crippen LogP contribution in [0.4, 0.5) is 5.69 Å². The third-order valence-corrected chi connectivity index (χ3v) is 6.16. The zero-order valence-corrected chi connectivity index (χ0v) is 16.4. The first kappa shape index (κ1) is 19.6. The van der Waals surface area contributed by atoms with Gasteiger partial charge in [-0.05, 0) is 61.5 Å². The first-order chi connectivity index (χ1) is 13.3. The zero-order chi connectivity index (χ0) is 20.3. The van der Waals surface area contributed by atoms with Gasteiger partial charge >= 0.3 is 0 Å². The van der Waals surface area contributed by atoms with Gasteiger partial charge < -0.3 is 5.32 Å². The minimum absolute atomic E-state index is 0.0468. The van der Waals surface area contributed by atoms with E-state index in [9.17, 15) is 18.5 Å². The van der Waals surface area contributed by atoms with Gasteiger partial charge in [-0.1, -0.05) is 29.3 Å². The fourth-order valence-electron chi connectivity index (χ4n) is 2.58. The van der Waals surface area contributed by atoms with Gasteiger partial charge in [0, 0.05) is 16.3 Å². The third-order valence-electron chi connectivity index (χ3n) is 4.09. The van der Waals surface area contributed by atoms with Gasteiger partial charge in [-0.15, -0.1) is 0 Å². The average molecular weight is 411 g/mol. The lowest BCUT2D eigenvalue weighted by atomic mass is 10.2. The SMILES string of the molecule is Cc1ccc(S(=O)(=O)c2ccc(NC(=O)c3ccc(Cl)cc3)cc2C#N)cc1. The van der Waals surface area contributed by atoms with Crippen LogP contribution in [0.5, 0.6) is 0 Å². The van der Waals surface area contributed by atoms with Crippen LogP contribution in [-0.2, 0) is 9.84 Å². The number of amides is 1. The molecule has 0 fully saturated rings. The van der Waals surface area contributed by atoms with Crippen molar-refractivity contribution in [2.75, 3.05) is 5.32 Å². The molecule has 3 rings (SSSR count). The topological polar surface area (TPSA) is 87.0 Å². The van der Waals surface area contributed by atoms with Crippen molar-refractivity contribution in [3.63, 3.8) is 0 Å². The summed E-state index contributed by atoms with van der Waals surface area (Å²) in [6, 6.07) is 18.7. The second-order valence-electron chi connectivity index (χ2n) is 6.10. The van der Waals surface area contributed by atoms with Gasteiger partial charge in [0.05, 0.1) is 15.4 Å². The quantitative estimate of drug-likeness (QED) is 0.680. The van der Waals surface area contributed by atoms with Gasteiger partial charge in [-0.2, -0.15) is 5.26 Å². The first-order valence-corrected chi connectivity index (χ1v) is 10.1. The van der Waals surface area contributed by atoms with Gasteiger partial charge in [-0.3, -0.25) is 4.79 Å². The molecule has 0 unspecified atom stereocenters. The van der Waals surface area contributed by atoms with Crippen molar-refractivity contribution in [2.45, 2.75) is 16.7 Å². The molecule has 0 saturated carbocycles. The van der Waals surface area contributed by atoms with E-state index in [0.29, 0.717) is 16.3 Å². The molecule has 140 valence electrons. The standard InChI is InChI=1S/C21H15ClN2O3S/c1-14-2-9-19(10-3-14)28(26,27)20-11-8-18(12-16(20)13-23)24-21(25)15-4-6-17(22)7-5-15/h2-12H,1H3,(H,24,25). The van der Waals surface area contributed by atoms with E-state index in [4.69, 9.17) is 11.6 Å². The predicted molar refractivity (Wildman–Crippen MR) is 107 cm³/mol. The molecule has 3 aromatic carbocycles. The van der Waals surface area contributed by atoms with Crippen LogP contribution in [0.2, 0.25) is 5.02 Å². The van der Waals surface area contributed by atoms with Crippen LogP contribution >= 0.6 is 11.6 Å². The van der Waals surface area contributed by atoms with Crippen molar-refractivity contribution < 1.29 is 13.2 Å². The zero-order valence-electron chi connectivity index (χ0n) is 14.8. The van der Waals surface area contributed by atoms with Gasteiger partial charge in [0.1, 0.15) is 6.07 Å². The number of rotatable bonds is 4. The summed E-state index contributed by atoms with van der Waals surface area (Å²) in [7, 11) is -3.85. The van der Waals surface area contributed by atoms with Crippen molar-refractivity contribution in [3.8, 4) is 6.07 Å². The van der Waals surface area contributed by atoms with E-state index in [1.807, 2.05) is 13.0 Å². The maximum atomic E-state index is 12.9. The molecule has 0 atom stereocenters. The van der Waals surface area contributed by atoms with Crippen LogP contribution in [0.15, 0.2) is 76.5 Å². The van der Waals surface area contributed by atoms with Crippen LogP contribution in [0.3, 0.4) is 0 Å². The Bertz CT molecular complexity index is 1180. The number of anilines is 1. The monoisotopic (exact) mass is 410 g/mol. The number of sulfone groups is 1. The molecule has 5 nitrogen and oxygen atoms in total. The number of hydrogen-bond acceptors (Lipinski definition) is 4. The smallest absolute Gasteiger partial charge is 0.255 e. The van der Waals surface area contributed by atoms with E-state index in [-0.39, 0.29) is 15.4 Å². The summed E-state index contributed by atoms with van der Waals surface area (Å²) in [5.74, 6) is -0.394. The van der Waals surface area contributed by atoms with Crippen LogP contribution in [0.25, 0.3) is 0 Å². The summed E-state index contributed by atoms with van der Waals surface area (Å²) in [5.41, 5.74) is 1.59. The molecule has 0 aliphatic heterocycles. The van der Waals surface area contributed by atoms with E-state index in [1.165, 1.54) is 30.3 Å². The maximum absolute atomic E-state index is 12.9. The third kappa shape index (κ3) is 4.06. The predicted octanol–water partition coefficient (Wildman–Crippen LogP) is 4.61. The summed E-state index contributed by atoms with van der Waals surface area (Å²) in [6.45, 7) is 1.86. The normalized spacial score (nSPS) is 10.9. The number of carbonyl (C=O) groups is 1. The Hall–Kier alpha value is -3.14. The van der Waals surface area contributed by atoms with E-state index >= 15 is 0 Å². The molecule has 28 heavy (non-hydrogen) atoms. The lowest BCUT2D eigenvalue weighted by molar-refractivity contribution is 0.102. The first-order valence-electron chi connectivity index (χ1n) is 8.24. The molecular formula is C21H15ClN2O3S. The maximum Gasteiger partial charge on any atom is 0.255 e. The number of aryl methyl sites for hydroxylation is 1. The molecule has 1 N–H and O–H groups in total. The van der Waals surface area contributed by atoms with Gasteiger partial charge in [0.25, 0.3) is 5.91 Å². The summed E-state index contributed by atoms with van der Waals surface area (Å²) in [6.07, 6.45) is 0. The average Bonchev–Trinajstić information content (AvgIpc) is 2.68. The summed E-state index contributed by atoms with van der Waals surface area (Å²) < 4.78 is 25.7. The fourth-order valence-corrected chi connectivity index (χ4v) is 4.09. The number of benzene rings is 3. The molecule has 0 bridgehead atoms. The van der Waals surface area contributed by atoms with Crippen molar-refractivity contribution in [1.29, 1.82) is 5.26 Å². The Labute approximate surface area is 168 Å². The molecule has 0 aromatic heterocycles. The van der Waals surface area contributed by atoms with Crippen molar-refractivity contribution >= 4 is 33.0 Å². The second-order valence-corrected chi connectivity index (χ2v) is 8.45. The highest BCUT2D eigenvalue weighted by Gasteiger charge is 2.22. The Balaban J connectivity index is 1.92.